The summed E-state index contributed by atoms with van der Waals surface area (Å²) in [7, 11) is 1.73. The summed E-state index contributed by atoms with van der Waals surface area (Å²) in [6.45, 7) is 0.795. The number of benzene rings is 1. The number of amides is 2. The molecule has 0 unspecified atom stereocenters. The number of nitrogens with one attached hydrogen (secondary N) is 2. The molecule has 0 atom stereocenters. The Labute approximate surface area is 137 Å². The van der Waals surface area contributed by atoms with Crippen molar-refractivity contribution in [1.29, 1.82) is 0 Å². The molecule has 0 bridgehead atoms. The lowest BCUT2D eigenvalue weighted by Gasteiger charge is -2.20. The van der Waals surface area contributed by atoms with E-state index in [0.717, 1.165) is 0 Å². The number of ether oxygens (including phenoxy) is 2. The molecule has 8 heteroatoms. The van der Waals surface area contributed by atoms with Crippen molar-refractivity contribution in [3.8, 4) is 11.5 Å². The van der Waals surface area contributed by atoms with E-state index in [9.17, 15) is 9.59 Å². The van der Waals surface area contributed by atoms with E-state index in [-0.39, 0.29) is 10.6 Å². The van der Waals surface area contributed by atoms with Gasteiger partial charge in [0, 0.05) is 18.8 Å². The number of aryl methyl sites for hydroxylation is 1. The quantitative estimate of drug-likeness (QED) is 0.815. The fourth-order valence-corrected chi connectivity index (χ4v) is 2.45. The van der Waals surface area contributed by atoms with Crippen LogP contribution in [0.3, 0.4) is 0 Å². The Morgan fingerprint density at radius 2 is 1.91 bits per heavy atom. The zero-order valence-electron chi connectivity index (χ0n) is 12.3. The van der Waals surface area contributed by atoms with Gasteiger partial charge in [-0.25, -0.2) is 0 Å². The third kappa shape index (κ3) is 3.09. The Hall–Kier alpha value is -2.67. The van der Waals surface area contributed by atoms with Gasteiger partial charge in [0.1, 0.15) is 18.9 Å². The first-order valence-corrected chi connectivity index (χ1v) is 7.25. The molecular weight excluding hydrogens is 322 g/mol. The smallest absolute Gasteiger partial charge is 0.286 e. The van der Waals surface area contributed by atoms with E-state index in [1.165, 1.54) is 12.1 Å². The second-order valence-corrected chi connectivity index (χ2v) is 5.30. The van der Waals surface area contributed by atoms with Gasteiger partial charge in [-0.3, -0.25) is 20.4 Å². The number of nitrogens with zero attached hydrogens (tertiary/aromatic N) is 1. The molecule has 0 saturated heterocycles. The van der Waals surface area contributed by atoms with Gasteiger partial charge in [-0.1, -0.05) is 11.6 Å². The highest BCUT2D eigenvalue weighted by Gasteiger charge is 2.19. The van der Waals surface area contributed by atoms with Crippen LogP contribution in [0.5, 0.6) is 11.5 Å². The van der Waals surface area contributed by atoms with Crippen molar-refractivity contribution in [2.45, 2.75) is 0 Å². The normalized spacial score (nSPS) is 12.6. The molecule has 0 saturated carbocycles. The van der Waals surface area contributed by atoms with Gasteiger partial charge < -0.3 is 14.0 Å². The number of hydrogen-bond donors (Lipinski definition) is 2. The molecule has 0 aliphatic carbocycles. The van der Waals surface area contributed by atoms with Gasteiger partial charge >= 0.3 is 0 Å². The summed E-state index contributed by atoms with van der Waals surface area (Å²) < 4.78 is 12.4. The highest BCUT2D eigenvalue weighted by molar-refractivity contribution is 6.32. The van der Waals surface area contributed by atoms with Crippen LogP contribution in [-0.2, 0) is 7.05 Å². The second kappa shape index (κ2) is 6.21. The molecule has 2 heterocycles. The lowest BCUT2D eigenvalue weighted by molar-refractivity contribution is 0.0841. The largest absolute Gasteiger partial charge is 0.486 e. The number of halogens is 1. The molecule has 1 aromatic carbocycles. The zero-order chi connectivity index (χ0) is 16.4. The number of hydrazine groups is 1. The molecule has 0 fully saturated rings. The maximum absolute atomic E-state index is 12.2. The van der Waals surface area contributed by atoms with Crippen LogP contribution in [0, 0.1) is 0 Å². The molecule has 0 radical (unpaired) electrons. The monoisotopic (exact) mass is 335 g/mol. The van der Waals surface area contributed by atoms with E-state index in [2.05, 4.69) is 10.9 Å². The Morgan fingerprint density at radius 3 is 2.65 bits per heavy atom. The topological polar surface area (TPSA) is 81.6 Å². The minimum Gasteiger partial charge on any atom is -0.486 e. The third-order valence-corrected chi connectivity index (χ3v) is 3.61. The fourth-order valence-electron chi connectivity index (χ4n) is 2.19. The maximum atomic E-state index is 12.2. The first-order chi connectivity index (χ1) is 11.1. The summed E-state index contributed by atoms with van der Waals surface area (Å²) in [6.07, 6.45) is 1.73. The summed E-state index contributed by atoms with van der Waals surface area (Å²) in [4.78, 5) is 24.1. The number of hydrogen-bond acceptors (Lipinski definition) is 4. The SMILES string of the molecule is Cn1cccc1C(=O)NNC(=O)c1cc(Cl)c2c(c1)OCCO2. The Bertz CT molecular complexity index is 772. The Balaban J connectivity index is 1.70. The van der Waals surface area contributed by atoms with Gasteiger partial charge in [-0.2, -0.15) is 0 Å². The lowest BCUT2D eigenvalue weighted by atomic mass is 10.2. The second-order valence-electron chi connectivity index (χ2n) is 4.89. The number of carbonyl (C=O) groups is 2. The molecule has 2 N–H and O–H groups in total. The van der Waals surface area contributed by atoms with Crippen molar-refractivity contribution < 1.29 is 19.1 Å². The number of aromatic nitrogens is 1. The highest BCUT2D eigenvalue weighted by atomic mass is 35.5. The summed E-state index contributed by atoms with van der Waals surface area (Å²) >= 11 is 6.08. The number of rotatable bonds is 2. The molecule has 120 valence electrons. The molecule has 23 heavy (non-hydrogen) atoms. The van der Waals surface area contributed by atoms with Crippen molar-refractivity contribution in [3.05, 3.63) is 46.7 Å². The summed E-state index contributed by atoms with van der Waals surface area (Å²) in [6, 6.07) is 6.35. The first kappa shape index (κ1) is 15.2. The predicted molar refractivity (Wildman–Crippen MR) is 82.8 cm³/mol. The molecule has 2 aromatic rings. The minimum absolute atomic E-state index is 0.256. The molecule has 2 amide bonds. The van der Waals surface area contributed by atoms with Crippen LogP contribution in [0.25, 0.3) is 0 Å². The fraction of sp³-hybridized carbons (Fsp3) is 0.200. The zero-order valence-corrected chi connectivity index (χ0v) is 13.0. The molecule has 7 nitrogen and oxygen atoms in total. The molecule has 0 spiro atoms. The van der Waals surface area contributed by atoms with E-state index >= 15 is 0 Å². The van der Waals surface area contributed by atoms with Crippen LogP contribution in [0.2, 0.25) is 5.02 Å². The lowest BCUT2D eigenvalue weighted by Crippen LogP contribution is -2.42. The van der Waals surface area contributed by atoms with Crippen molar-refractivity contribution in [2.24, 2.45) is 7.05 Å². The third-order valence-electron chi connectivity index (χ3n) is 3.32. The van der Waals surface area contributed by atoms with Crippen molar-refractivity contribution >= 4 is 23.4 Å². The van der Waals surface area contributed by atoms with E-state index < -0.39 is 11.8 Å². The van der Waals surface area contributed by atoms with Crippen LogP contribution < -0.4 is 20.3 Å². The molecular formula is C15H14ClN3O4. The average molecular weight is 336 g/mol. The summed E-state index contributed by atoms with van der Waals surface area (Å²) in [5.74, 6) is -0.106. The van der Waals surface area contributed by atoms with Crippen molar-refractivity contribution in [1.82, 2.24) is 15.4 Å². The first-order valence-electron chi connectivity index (χ1n) is 6.87. The molecule has 1 aromatic heterocycles. The van der Waals surface area contributed by atoms with E-state index in [0.29, 0.717) is 30.4 Å². The average Bonchev–Trinajstić information content (AvgIpc) is 2.98. The van der Waals surface area contributed by atoms with Crippen LogP contribution in [0.4, 0.5) is 0 Å². The molecule has 1 aliphatic heterocycles. The van der Waals surface area contributed by atoms with Crippen LogP contribution in [0.15, 0.2) is 30.5 Å². The van der Waals surface area contributed by atoms with Gasteiger partial charge in [0.15, 0.2) is 11.5 Å². The van der Waals surface area contributed by atoms with Gasteiger partial charge in [-0.15, -0.1) is 0 Å². The number of carbonyl (C=O) groups excluding carboxylic acids is 2. The van der Waals surface area contributed by atoms with E-state index in [1.807, 2.05) is 0 Å². The molecule has 1 aliphatic rings. The van der Waals surface area contributed by atoms with Gasteiger partial charge in [-0.05, 0) is 24.3 Å². The summed E-state index contributed by atoms with van der Waals surface area (Å²) in [5.41, 5.74) is 5.37. The Morgan fingerprint density at radius 1 is 1.17 bits per heavy atom. The maximum Gasteiger partial charge on any atom is 0.286 e. The Kier molecular flexibility index (Phi) is 4.12. The van der Waals surface area contributed by atoms with Gasteiger partial charge in [0.05, 0.1) is 5.02 Å². The molecule has 3 rings (SSSR count). The predicted octanol–water partition coefficient (Wildman–Crippen LogP) is 1.52. The van der Waals surface area contributed by atoms with Crippen LogP contribution in [0.1, 0.15) is 20.8 Å². The van der Waals surface area contributed by atoms with E-state index in [1.54, 1.807) is 29.9 Å². The van der Waals surface area contributed by atoms with Gasteiger partial charge in [0.2, 0.25) is 0 Å². The van der Waals surface area contributed by atoms with E-state index in [4.69, 9.17) is 21.1 Å². The van der Waals surface area contributed by atoms with Crippen molar-refractivity contribution in [2.75, 3.05) is 13.2 Å². The standard InChI is InChI=1S/C15H14ClN3O4/c1-19-4-2-3-11(19)15(21)18-17-14(20)9-7-10(16)13-12(8-9)22-5-6-23-13/h2-4,7-8H,5-6H2,1H3,(H,17,20)(H,18,21). The summed E-state index contributed by atoms with van der Waals surface area (Å²) in [5, 5.41) is 0.279. The van der Waals surface area contributed by atoms with Crippen LogP contribution >= 0.6 is 11.6 Å². The van der Waals surface area contributed by atoms with Crippen LogP contribution in [-0.4, -0.2) is 29.6 Å². The number of fused-ring (bicyclic) bond motifs is 1. The van der Waals surface area contributed by atoms with Crippen molar-refractivity contribution in [3.63, 3.8) is 0 Å². The highest BCUT2D eigenvalue weighted by Crippen LogP contribution is 2.38. The van der Waals surface area contributed by atoms with Gasteiger partial charge in [0.25, 0.3) is 11.8 Å². The minimum atomic E-state index is -0.508.